The maximum absolute atomic E-state index is 5.75. The second-order valence-electron chi connectivity index (χ2n) is 7.28. The second kappa shape index (κ2) is 7.75. The van der Waals surface area contributed by atoms with Crippen molar-refractivity contribution in [2.45, 2.75) is 25.4 Å². The lowest BCUT2D eigenvalue weighted by atomic mass is 10.0. The molecule has 3 heterocycles. The van der Waals surface area contributed by atoms with Gasteiger partial charge in [0.05, 0.1) is 13.7 Å². The summed E-state index contributed by atoms with van der Waals surface area (Å²) in [5.41, 5.74) is 2.11. The third kappa shape index (κ3) is 3.65. The average molecular weight is 393 g/mol. The van der Waals surface area contributed by atoms with Crippen LogP contribution in [0.25, 0.3) is 11.4 Å². The number of aromatic nitrogens is 2. The van der Waals surface area contributed by atoms with Gasteiger partial charge in [-0.1, -0.05) is 23.4 Å². The number of ether oxygens (including phenoxy) is 3. The largest absolute Gasteiger partial charge is 0.497 e. The van der Waals surface area contributed by atoms with Crippen molar-refractivity contribution in [3.8, 4) is 28.6 Å². The van der Waals surface area contributed by atoms with Crippen molar-refractivity contribution in [3.63, 3.8) is 0 Å². The van der Waals surface area contributed by atoms with Crippen LogP contribution in [0.4, 0.5) is 0 Å². The molecule has 150 valence electrons. The molecule has 2 aromatic carbocycles. The summed E-state index contributed by atoms with van der Waals surface area (Å²) in [6.07, 6.45) is 2.23. The van der Waals surface area contributed by atoms with Crippen LogP contribution in [0.1, 0.15) is 30.3 Å². The number of likely N-dealkylation sites (tertiary alicyclic amines) is 1. The van der Waals surface area contributed by atoms with Crippen molar-refractivity contribution in [3.05, 3.63) is 53.9 Å². The van der Waals surface area contributed by atoms with E-state index in [1.165, 1.54) is 5.56 Å². The molecule has 0 spiro atoms. The van der Waals surface area contributed by atoms with Crippen LogP contribution < -0.4 is 14.2 Å². The van der Waals surface area contributed by atoms with Crippen LogP contribution in [-0.4, -0.2) is 41.9 Å². The lowest BCUT2D eigenvalue weighted by Gasteiger charge is -2.25. The molecule has 0 N–H and O–H groups in total. The summed E-state index contributed by atoms with van der Waals surface area (Å²) in [7, 11) is 1.64. The van der Waals surface area contributed by atoms with Crippen LogP contribution in [0.2, 0.25) is 0 Å². The molecule has 3 aromatic rings. The number of nitrogens with zero attached hydrogens (tertiary/aromatic N) is 3. The number of fused-ring (bicyclic) bond motifs is 1. The zero-order valence-corrected chi connectivity index (χ0v) is 16.3. The van der Waals surface area contributed by atoms with Gasteiger partial charge in [0.1, 0.15) is 19.0 Å². The molecule has 2 aliphatic heterocycles. The fraction of sp³-hybridized carbons (Fsp3) is 0.364. The highest BCUT2D eigenvalue weighted by atomic mass is 16.6. The highest BCUT2D eigenvalue weighted by molar-refractivity contribution is 5.56. The molecule has 1 atom stereocenters. The summed E-state index contributed by atoms with van der Waals surface area (Å²) < 4.78 is 22.2. The van der Waals surface area contributed by atoms with Crippen molar-refractivity contribution in [1.29, 1.82) is 0 Å². The minimum atomic E-state index is 0.304. The molecule has 0 saturated carbocycles. The Morgan fingerprint density at radius 2 is 2.00 bits per heavy atom. The number of benzene rings is 2. The van der Waals surface area contributed by atoms with Gasteiger partial charge >= 0.3 is 0 Å². The Kier molecular flexibility index (Phi) is 4.81. The third-order valence-electron chi connectivity index (χ3n) is 5.45. The molecule has 7 nitrogen and oxygen atoms in total. The molecule has 7 heteroatoms. The van der Waals surface area contributed by atoms with E-state index < -0.39 is 0 Å². The molecular formula is C22H23N3O4. The van der Waals surface area contributed by atoms with E-state index in [4.69, 9.17) is 18.7 Å². The van der Waals surface area contributed by atoms with E-state index in [2.05, 4.69) is 27.2 Å². The zero-order chi connectivity index (χ0) is 19.6. The molecule has 1 aromatic heterocycles. The van der Waals surface area contributed by atoms with Crippen LogP contribution in [0.3, 0.4) is 0 Å². The van der Waals surface area contributed by atoms with Gasteiger partial charge in [0.25, 0.3) is 0 Å². The van der Waals surface area contributed by atoms with E-state index in [0.29, 0.717) is 37.5 Å². The summed E-state index contributed by atoms with van der Waals surface area (Å²) in [6, 6.07) is 14.2. The van der Waals surface area contributed by atoms with E-state index in [-0.39, 0.29) is 0 Å². The first-order chi connectivity index (χ1) is 14.3. The molecule has 0 bridgehead atoms. The fourth-order valence-corrected chi connectivity index (χ4v) is 4.03. The topological polar surface area (TPSA) is 69.9 Å². The minimum Gasteiger partial charge on any atom is -0.497 e. The molecule has 0 unspecified atom stereocenters. The average Bonchev–Trinajstić information content (AvgIpc) is 3.43. The van der Waals surface area contributed by atoms with Gasteiger partial charge in [-0.3, -0.25) is 4.90 Å². The van der Waals surface area contributed by atoms with E-state index in [9.17, 15) is 0 Å². The maximum Gasteiger partial charge on any atom is 0.241 e. The minimum absolute atomic E-state index is 0.304. The van der Waals surface area contributed by atoms with Crippen molar-refractivity contribution < 1.29 is 18.7 Å². The van der Waals surface area contributed by atoms with Crippen molar-refractivity contribution in [2.24, 2.45) is 0 Å². The molecule has 1 saturated heterocycles. The Hall–Kier alpha value is -3.06. The predicted molar refractivity (Wildman–Crippen MR) is 106 cm³/mol. The highest BCUT2D eigenvalue weighted by Gasteiger charge is 2.29. The third-order valence-corrected chi connectivity index (χ3v) is 5.45. The second-order valence-corrected chi connectivity index (χ2v) is 7.28. The smallest absolute Gasteiger partial charge is 0.241 e. The van der Waals surface area contributed by atoms with E-state index in [0.717, 1.165) is 42.2 Å². The Morgan fingerprint density at radius 1 is 1.10 bits per heavy atom. The molecule has 0 radical (unpaired) electrons. The monoisotopic (exact) mass is 393 g/mol. The molecule has 0 amide bonds. The van der Waals surface area contributed by atoms with Crippen molar-refractivity contribution in [2.75, 3.05) is 26.9 Å². The van der Waals surface area contributed by atoms with Gasteiger partial charge in [-0.05, 0) is 49.2 Å². The van der Waals surface area contributed by atoms with Crippen LogP contribution >= 0.6 is 0 Å². The lowest BCUT2D eigenvalue weighted by molar-refractivity contribution is 0.170. The number of methoxy groups -OCH3 is 1. The molecule has 0 aliphatic carbocycles. The maximum atomic E-state index is 5.75. The molecule has 1 fully saturated rings. The van der Waals surface area contributed by atoms with Crippen molar-refractivity contribution in [1.82, 2.24) is 15.0 Å². The van der Waals surface area contributed by atoms with Gasteiger partial charge in [-0.25, -0.2) is 0 Å². The standard InChI is InChI=1S/C22H23N3O4/c1-26-17-5-2-4-16(12-17)22-23-21(29-24-22)14-25-9-3-6-18(25)15-7-8-19-20(13-15)28-11-10-27-19/h2,4-5,7-8,12-13,18H,3,6,9-11,14H2,1H3/t18-/m0/s1. The number of hydrogen-bond acceptors (Lipinski definition) is 7. The van der Waals surface area contributed by atoms with Crippen LogP contribution in [-0.2, 0) is 6.54 Å². The van der Waals surface area contributed by atoms with Gasteiger partial charge in [0, 0.05) is 11.6 Å². The number of hydrogen-bond donors (Lipinski definition) is 0. The Morgan fingerprint density at radius 3 is 2.90 bits per heavy atom. The van der Waals surface area contributed by atoms with Gasteiger partial charge in [-0.15, -0.1) is 0 Å². The lowest BCUT2D eigenvalue weighted by Crippen LogP contribution is -2.23. The Labute approximate surface area is 169 Å². The van der Waals surface area contributed by atoms with Crippen LogP contribution in [0.15, 0.2) is 47.0 Å². The summed E-state index contributed by atoms with van der Waals surface area (Å²) in [4.78, 5) is 6.98. The normalized spacial score (nSPS) is 18.7. The fourth-order valence-electron chi connectivity index (χ4n) is 4.03. The summed E-state index contributed by atoms with van der Waals surface area (Å²) in [5.74, 6) is 3.62. The van der Waals surface area contributed by atoms with Gasteiger partial charge in [0.15, 0.2) is 11.5 Å². The quantitative estimate of drug-likeness (QED) is 0.652. The van der Waals surface area contributed by atoms with Gasteiger partial charge < -0.3 is 18.7 Å². The SMILES string of the molecule is COc1cccc(-c2noc(CN3CCC[C@H]3c3ccc4c(c3)OCCO4)n2)c1. The first-order valence-electron chi connectivity index (χ1n) is 9.91. The van der Waals surface area contributed by atoms with E-state index in [1.54, 1.807) is 7.11 Å². The summed E-state index contributed by atoms with van der Waals surface area (Å²) in [5, 5.41) is 4.15. The van der Waals surface area contributed by atoms with Crippen molar-refractivity contribution >= 4 is 0 Å². The molecular weight excluding hydrogens is 370 g/mol. The highest BCUT2D eigenvalue weighted by Crippen LogP contribution is 2.38. The first kappa shape index (κ1) is 18.0. The van der Waals surface area contributed by atoms with Gasteiger partial charge in [-0.2, -0.15) is 4.98 Å². The first-order valence-corrected chi connectivity index (χ1v) is 9.91. The molecule has 2 aliphatic rings. The number of rotatable bonds is 5. The molecule has 5 rings (SSSR count). The Balaban J connectivity index is 1.33. The van der Waals surface area contributed by atoms with Crippen LogP contribution in [0.5, 0.6) is 17.2 Å². The predicted octanol–water partition coefficient (Wildman–Crippen LogP) is 3.85. The van der Waals surface area contributed by atoms with E-state index >= 15 is 0 Å². The summed E-state index contributed by atoms with van der Waals surface area (Å²) >= 11 is 0. The van der Waals surface area contributed by atoms with Gasteiger partial charge in [0.2, 0.25) is 11.7 Å². The zero-order valence-electron chi connectivity index (χ0n) is 16.3. The Bertz CT molecular complexity index is 1000. The van der Waals surface area contributed by atoms with E-state index in [1.807, 2.05) is 30.3 Å². The van der Waals surface area contributed by atoms with Crippen LogP contribution in [0, 0.1) is 0 Å². The molecule has 29 heavy (non-hydrogen) atoms. The summed E-state index contributed by atoms with van der Waals surface area (Å²) in [6.45, 7) is 2.82.